The summed E-state index contributed by atoms with van der Waals surface area (Å²) in [5, 5.41) is 3.17. The third-order valence-corrected chi connectivity index (χ3v) is 5.00. The molecule has 1 saturated heterocycles. The van der Waals surface area contributed by atoms with Gasteiger partial charge in [-0.2, -0.15) is 17.4 Å². The molecule has 1 fully saturated rings. The summed E-state index contributed by atoms with van der Waals surface area (Å²) < 4.78 is 32.5. The highest BCUT2D eigenvalue weighted by Gasteiger charge is 2.28. The lowest BCUT2D eigenvalue weighted by Gasteiger charge is -2.31. The van der Waals surface area contributed by atoms with Crippen LogP contribution >= 0.6 is 12.4 Å². The van der Waals surface area contributed by atoms with Crippen molar-refractivity contribution in [3.8, 4) is 0 Å². The number of carbonyl (C=O) groups excluding carboxylic acids is 1. The van der Waals surface area contributed by atoms with Crippen molar-refractivity contribution in [3.05, 3.63) is 0 Å². The summed E-state index contributed by atoms with van der Waals surface area (Å²) in [4.78, 5) is 11.0. The summed E-state index contributed by atoms with van der Waals surface area (Å²) in [7, 11) is -0.828. The molecule has 1 heterocycles. The van der Waals surface area contributed by atoms with Crippen molar-refractivity contribution in [1.29, 1.82) is 0 Å². The van der Waals surface area contributed by atoms with Crippen LogP contribution < -0.4 is 10.0 Å². The first-order valence-electron chi connectivity index (χ1n) is 6.38. The van der Waals surface area contributed by atoms with E-state index < -0.39 is 16.2 Å². The Balaban J connectivity index is 0.00000361. The van der Waals surface area contributed by atoms with E-state index in [1.165, 1.54) is 14.2 Å². The molecule has 0 bridgehead atoms. The Labute approximate surface area is 127 Å². The molecule has 120 valence electrons. The van der Waals surface area contributed by atoms with Gasteiger partial charge in [-0.25, -0.2) is 0 Å². The molecule has 7 nitrogen and oxygen atoms in total. The lowest BCUT2D eigenvalue weighted by atomic mass is 9.96. The Bertz CT molecular complexity index is 404. The minimum absolute atomic E-state index is 0. The minimum atomic E-state index is -3.56. The smallest absolute Gasteiger partial charge is 0.306 e. The highest BCUT2D eigenvalue weighted by atomic mass is 35.5. The fourth-order valence-corrected chi connectivity index (χ4v) is 3.11. The topological polar surface area (TPSA) is 87.7 Å². The largest absolute Gasteiger partial charge is 0.469 e. The maximum atomic E-state index is 12.1. The van der Waals surface area contributed by atoms with Crippen LogP contribution in [-0.2, 0) is 19.7 Å². The predicted octanol–water partition coefficient (Wildman–Crippen LogP) is -0.264. The summed E-state index contributed by atoms with van der Waals surface area (Å²) in [6, 6.07) is -0.112. The molecule has 0 aromatic rings. The number of carbonyl (C=O) groups is 1. The molecule has 0 radical (unpaired) electrons. The second kappa shape index (κ2) is 8.78. The first kappa shape index (κ1) is 19.6. The second-order valence-electron chi connectivity index (χ2n) is 4.85. The Morgan fingerprint density at radius 3 is 2.70 bits per heavy atom. The first-order valence-corrected chi connectivity index (χ1v) is 7.82. The van der Waals surface area contributed by atoms with Crippen LogP contribution in [0.1, 0.15) is 19.8 Å². The molecular weight excluding hydrogens is 306 g/mol. The molecule has 9 heteroatoms. The third-order valence-electron chi connectivity index (χ3n) is 3.40. The van der Waals surface area contributed by atoms with Gasteiger partial charge in [0.05, 0.1) is 13.5 Å². The zero-order valence-corrected chi connectivity index (χ0v) is 13.7. The molecule has 1 rings (SSSR count). The number of methoxy groups -OCH3 is 1. The van der Waals surface area contributed by atoms with Gasteiger partial charge in [0, 0.05) is 26.2 Å². The number of hydrogen-bond donors (Lipinski definition) is 2. The molecule has 0 aromatic carbocycles. The average Bonchev–Trinajstić information content (AvgIpc) is 2.37. The van der Waals surface area contributed by atoms with Gasteiger partial charge < -0.3 is 10.1 Å². The van der Waals surface area contributed by atoms with Gasteiger partial charge in [-0.1, -0.05) is 6.92 Å². The molecule has 1 aliphatic rings. The number of nitrogens with zero attached hydrogens (tertiary/aromatic N) is 1. The monoisotopic (exact) mass is 329 g/mol. The quantitative estimate of drug-likeness (QED) is 0.655. The van der Waals surface area contributed by atoms with Gasteiger partial charge in [0.25, 0.3) is 10.2 Å². The van der Waals surface area contributed by atoms with E-state index in [0.29, 0.717) is 12.5 Å². The van der Waals surface area contributed by atoms with Crippen molar-refractivity contribution < 1.29 is 17.9 Å². The first-order chi connectivity index (χ1) is 8.86. The van der Waals surface area contributed by atoms with Crippen molar-refractivity contribution in [2.45, 2.75) is 25.8 Å². The molecular formula is C11H24ClN3O4S. The van der Waals surface area contributed by atoms with E-state index in [2.05, 4.69) is 14.8 Å². The van der Waals surface area contributed by atoms with Crippen molar-refractivity contribution >= 4 is 28.6 Å². The van der Waals surface area contributed by atoms with Gasteiger partial charge in [-0.15, -0.1) is 12.4 Å². The summed E-state index contributed by atoms with van der Waals surface area (Å²) in [5.74, 6) is -0.125. The zero-order chi connectivity index (χ0) is 14.5. The zero-order valence-electron chi connectivity index (χ0n) is 12.1. The summed E-state index contributed by atoms with van der Waals surface area (Å²) in [6.07, 6.45) is 0.992. The van der Waals surface area contributed by atoms with Crippen LogP contribution in [-0.4, -0.2) is 58.5 Å². The molecule has 2 N–H and O–H groups in total. The standard InChI is InChI=1S/C11H23N3O4S.ClH/c1-9-4-6-12-8-10(9)13-19(16,17)14(2)7-5-11(15)18-3;/h9-10,12-13H,4-8H2,1-3H3;1H. The number of nitrogens with one attached hydrogen (secondary N) is 2. The lowest BCUT2D eigenvalue weighted by Crippen LogP contribution is -2.53. The van der Waals surface area contributed by atoms with Gasteiger partial charge >= 0.3 is 5.97 Å². The SMILES string of the molecule is COC(=O)CCN(C)S(=O)(=O)NC1CNCCC1C.Cl. The normalized spacial score (nSPS) is 23.2. The maximum Gasteiger partial charge on any atom is 0.306 e. The molecule has 2 atom stereocenters. The highest BCUT2D eigenvalue weighted by Crippen LogP contribution is 2.13. The molecule has 1 aliphatic heterocycles. The van der Waals surface area contributed by atoms with Crippen LogP contribution in [0, 0.1) is 5.92 Å². The van der Waals surface area contributed by atoms with E-state index in [0.717, 1.165) is 17.3 Å². The van der Waals surface area contributed by atoms with Crippen LogP contribution in [0.25, 0.3) is 0 Å². The molecule has 20 heavy (non-hydrogen) atoms. The van der Waals surface area contributed by atoms with E-state index in [4.69, 9.17) is 0 Å². The number of piperidine rings is 1. The average molecular weight is 330 g/mol. The molecule has 0 amide bonds. The van der Waals surface area contributed by atoms with Crippen molar-refractivity contribution in [3.63, 3.8) is 0 Å². The van der Waals surface area contributed by atoms with Crippen LogP contribution in [0.4, 0.5) is 0 Å². The Hall–Kier alpha value is -0.410. The number of hydrogen-bond acceptors (Lipinski definition) is 5. The summed E-state index contributed by atoms with van der Waals surface area (Å²) in [6.45, 7) is 3.68. The van der Waals surface area contributed by atoms with Crippen LogP contribution in [0.2, 0.25) is 0 Å². The van der Waals surface area contributed by atoms with Gasteiger partial charge in [-0.05, 0) is 18.9 Å². The molecule has 0 spiro atoms. The van der Waals surface area contributed by atoms with Gasteiger partial charge in [0.15, 0.2) is 0 Å². The van der Waals surface area contributed by atoms with Gasteiger partial charge in [-0.3, -0.25) is 4.79 Å². The summed E-state index contributed by atoms with van der Waals surface area (Å²) >= 11 is 0. The maximum absolute atomic E-state index is 12.1. The Morgan fingerprint density at radius 2 is 2.15 bits per heavy atom. The third kappa shape index (κ3) is 5.92. The Morgan fingerprint density at radius 1 is 1.50 bits per heavy atom. The molecule has 2 unspecified atom stereocenters. The highest BCUT2D eigenvalue weighted by molar-refractivity contribution is 7.87. The minimum Gasteiger partial charge on any atom is -0.469 e. The second-order valence-corrected chi connectivity index (χ2v) is 6.66. The van der Waals surface area contributed by atoms with Gasteiger partial charge in [0.2, 0.25) is 0 Å². The van der Waals surface area contributed by atoms with E-state index in [-0.39, 0.29) is 31.4 Å². The summed E-state index contributed by atoms with van der Waals surface area (Å²) in [5.41, 5.74) is 0. The Kier molecular flexibility index (Phi) is 8.60. The predicted molar refractivity (Wildman–Crippen MR) is 79.0 cm³/mol. The molecule has 0 aliphatic carbocycles. The number of halogens is 1. The van der Waals surface area contributed by atoms with Crippen molar-refractivity contribution in [1.82, 2.24) is 14.3 Å². The van der Waals surface area contributed by atoms with Crippen LogP contribution in [0.5, 0.6) is 0 Å². The van der Waals surface area contributed by atoms with Gasteiger partial charge in [0.1, 0.15) is 0 Å². The molecule has 0 aromatic heterocycles. The fourth-order valence-electron chi connectivity index (χ4n) is 1.90. The van der Waals surface area contributed by atoms with E-state index >= 15 is 0 Å². The van der Waals surface area contributed by atoms with E-state index in [1.807, 2.05) is 6.92 Å². The van der Waals surface area contributed by atoms with Crippen molar-refractivity contribution in [2.24, 2.45) is 5.92 Å². The fraction of sp³-hybridized carbons (Fsp3) is 0.909. The number of ether oxygens (including phenoxy) is 1. The van der Waals surface area contributed by atoms with E-state index in [9.17, 15) is 13.2 Å². The lowest BCUT2D eigenvalue weighted by molar-refractivity contribution is -0.140. The number of rotatable bonds is 6. The number of esters is 1. The van der Waals surface area contributed by atoms with Crippen molar-refractivity contribution in [2.75, 3.05) is 33.8 Å². The van der Waals surface area contributed by atoms with Crippen LogP contribution in [0.15, 0.2) is 0 Å². The van der Waals surface area contributed by atoms with Crippen LogP contribution in [0.3, 0.4) is 0 Å². The molecule has 0 saturated carbocycles. The van der Waals surface area contributed by atoms with E-state index in [1.54, 1.807) is 0 Å².